The summed E-state index contributed by atoms with van der Waals surface area (Å²) in [5.74, 6) is -1.17. The highest BCUT2D eigenvalue weighted by molar-refractivity contribution is 7.92. The lowest BCUT2D eigenvalue weighted by molar-refractivity contribution is 0.321. The molecular formula is C13H19FN2O3S. The van der Waals surface area contributed by atoms with E-state index in [4.69, 9.17) is 15.9 Å². The second-order valence-corrected chi connectivity index (χ2v) is 8.20. The van der Waals surface area contributed by atoms with Crippen molar-refractivity contribution >= 4 is 15.7 Å². The van der Waals surface area contributed by atoms with Gasteiger partial charge in [0.2, 0.25) is 0 Å². The monoisotopic (exact) mass is 302 g/mol. The highest BCUT2D eigenvalue weighted by atomic mass is 32.2. The van der Waals surface area contributed by atoms with Crippen molar-refractivity contribution in [1.82, 2.24) is 0 Å². The van der Waals surface area contributed by atoms with Gasteiger partial charge in [-0.15, -0.1) is 0 Å². The molecule has 0 spiro atoms. The van der Waals surface area contributed by atoms with Gasteiger partial charge < -0.3 is 10.5 Å². The second kappa shape index (κ2) is 5.78. The Balaban J connectivity index is 2.71. The van der Waals surface area contributed by atoms with Gasteiger partial charge in [0, 0.05) is 5.56 Å². The van der Waals surface area contributed by atoms with Gasteiger partial charge in [0.15, 0.2) is 21.4 Å². The molecular weight excluding hydrogens is 283 g/mol. The molecule has 0 heterocycles. The molecule has 1 aromatic rings. The molecule has 0 aromatic heterocycles. The number of nitrogens with one attached hydrogen (secondary N) is 1. The summed E-state index contributed by atoms with van der Waals surface area (Å²) in [6.07, 6.45) is 0. The molecule has 0 fully saturated rings. The third-order valence-electron chi connectivity index (χ3n) is 2.79. The van der Waals surface area contributed by atoms with E-state index in [0.717, 1.165) is 6.07 Å². The van der Waals surface area contributed by atoms with Crippen LogP contribution in [-0.4, -0.2) is 31.4 Å². The van der Waals surface area contributed by atoms with Crippen molar-refractivity contribution in [3.8, 4) is 5.75 Å². The van der Waals surface area contributed by atoms with E-state index >= 15 is 0 Å². The van der Waals surface area contributed by atoms with Crippen LogP contribution >= 0.6 is 0 Å². The van der Waals surface area contributed by atoms with E-state index in [1.54, 1.807) is 20.8 Å². The molecule has 0 aliphatic heterocycles. The van der Waals surface area contributed by atoms with Gasteiger partial charge in [-0.3, -0.25) is 5.41 Å². The van der Waals surface area contributed by atoms with E-state index < -0.39 is 20.4 Å². The minimum atomic E-state index is -3.30. The van der Waals surface area contributed by atoms with Gasteiger partial charge in [-0.25, -0.2) is 12.8 Å². The molecule has 0 aliphatic rings. The third-order valence-corrected chi connectivity index (χ3v) is 5.36. The third kappa shape index (κ3) is 3.93. The number of halogens is 1. The Kier molecular flexibility index (Phi) is 4.75. The summed E-state index contributed by atoms with van der Waals surface area (Å²) in [5, 5.41) is 7.18. The zero-order chi connectivity index (χ0) is 15.6. The predicted octanol–water partition coefficient (Wildman–Crippen LogP) is 1.70. The van der Waals surface area contributed by atoms with E-state index in [1.807, 2.05) is 0 Å². The van der Waals surface area contributed by atoms with Crippen LogP contribution in [0, 0.1) is 11.2 Å². The summed E-state index contributed by atoms with van der Waals surface area (Å²) in [6.45, 7) is 4.68. The van der Waals surface area contributed by atoms with E-state index in [0.29, 0.717) is 0 Å². The second-order valence-electron chi connectivity index (χ2n) is 5.34. The number of hydrogen-bond acceptors (Lipinski definition) is 4. The number of nitrogen functional groups attached to an aromatic ring is 1. The molecule has 0 radical (unpaired) electrons. The quantitative estimate of drug-likeness (QED) is 0.639. The molecule has 0 unspecified atom stereocenters. The fraction of sp³-hybridized carbons (Fsp3) is 0.462. The van der Waals surface area contributed by atoms with Gasteiger partial charge in [0.05, 0.1) is 10.5 Å². The van der Waals surface area contributed by atoms with Gasteiger partial charge in [0.1, 0.15) is 12.4 Å². The topological polar surface area (TPSA) is 93.2 Å². The van der Waals surface area contributed by atoms with Crippen LogP contribution in [0.1, 0.15) is 26.3 Å². The first-order valence-corrected chi connectivity index (χ1v) is 7.69. The Morgan fingerprint density at radius 2 is 2.00 bits per heavy atom. The van der Waals surface area contributed by atoms with Crippen LogP contribution in [0.5, 0.6) is 5.75 Å². The maximum Gasteiger partial charge on any atom is 0.165 e. The summed E-state index contributed by atoms with van der Waals surface area (Å²) >= 11 is 0. The van der Waals surface area contributed by atoms with Crippen LogP contribution in [0.15, 0.2) is 18.2 Å². The summed E-state index contributed by atoms with van der Waals surface area (Å²) in [6, 6.07) is 3.85. The van der Waals surface area contributed by atoms with E-state index in [1.165, 1.54) is 12.1 Å². The highest BCUT2D eigenvalue weighted by Gasteiger charge is 2.28. The van der Waals surface area contributed by atoms with Crippen LogP contribution in [0.25, 0.3) is 0 Å². The van der Waals surface area contributed by atoms with E-state index in [2.05, 4.69) is 0 Å². The Labute approximate surface area is 118 Å². The maximum absolute atomic E-state index is 13.6. The molecule has 0 saturated carbocycles. The molecule has 112 valence electrons. The van der Waals surface area contributed by atoms with Crippen molar-refractivity contribution in [3.63, 3.8) is 0 Å². The average molecular weight is 302 g/mol. The zero-order valence-corrected chi connectivity index (χ0v) is 12.6. The molecule has 5 nitrogen and oxygen atoms in total. The zero-order valence-electron chi connectivity index (χ0n) is 11.7. The molecule has 7 heteroatoms. The number of sulfone groups is 1. The maximum atomic E-state index is 13.6. The van der Waals surface area contributed by atoms with Crippen molar-refractivity contribution in [2.24, 2.45) is 5.73 Å². The fourth-order valence-electron chi connectivity index (χ4n) is 1.35. The lowest BCUT2D eigenvalue weighted by atomic mass is 10.2. The van der Waals surface area contributed by atoms with E-state index in [-0.39, 0.29) is 29.5 Å². The van der Waals surface area contributed by atoms with Crippen molar-refractivity contribution in [1.29, 1.82) is 5.41 Å². The Morgan fingerprint density at radius 1 is 1.40 bits per heavy atom. The highest BCUT2D eigenvalue weighted by Crippen LogP contribution is 2.20. The van der Waals surface area contributed by atoms with Crippen molar-refractivity contribution < 1.29 is 17.5 Å². The largest absolute Gasteiger partial charge is 0.489 e. The molecule has 0 saturated heterocycles. The lowest BCUT2D eigenvalue weighted by Crippen LogP contribution is -2.32. The minimum Gasteiger partial charge on any atom is -0.489 e. The van der Waals surface area contributed by atoms with Crippen LogP contribution in [0.3, 0.4) is 0 Å². The SMILES string of the molecule is CC(C)(C)S(=O)(=O)CCOc1ccc(C(=N)N)cc1F. The van der Waals surface area contributed by atoms with Crippen LogP contribution in [0.4, 0.5) is 4.39 Å². The first-order valence-electron chi connectivity index (χ1n) is 6.03. The molecule has 1 rings (SSSR count). The van der Waals surface area contributed by atoms with Gasteiger partial charge >= 0.3 is 0 Å². The van der Waals surface area contributed by atoms with Crippen molar-refractivity contribution in [3.05, 3.63) is 29.6 Å². The number of benzene rings is 1. The summed E-state index contributed by atoms with van der Waals surface area (Å²) in [7, 11) is -3.30. The molecule has 0 amide bonds. The van der Waals surface area contributed by atoms with Gasteiger partial charge in [-0.1, -0.05) is 0 Å². The smallest absolute Gasteiger partial charge is 0.165 e. The Morgan fingerprint density at radius 3 is 2.45 bits per heavy atom. The van der Waals surface area contributed by atoms with Crippen molar-refractivity contribution in [2.75, 3.05) is 12.4 Å². The van der Waals surface area contributed by atoms with Crippen LogP contribution in [0.2, 0.25) is 0 Å². The number of amidine groups is 1. The Hall–Kier alpha value is -1.63. The lowest BCUT2D eigenvalue weighted by Gasteiger charge is -2.19. The number of rotatable bonds is 5. The van der Waals surface area contributed by atoms with Crippen LogP contribution in [-0.2, 0) is 9.84 Å². The van der Waals surface area contributed by atoms with Gasteiger partial charge in [-0.2, -0.15) is 0 Å². The molecule has 20 heavy (non-hydrogen) atoms. The Bertz CT molecular complexity index is 607. The number of hydrogen-bond donors (Lipinski definition) is 2. The first kappa shape index (κ1) is 16.4. The molecule has 0 aliphatic carbocycles. The summed E-state index contributed by atoms with van der Waals surface area (Å²) < 4.78 is 41.6. The molecule has 0 atom stereocenters. The van der Waals surface area contributed by atoms with Crippen molar-refractivity contribution in [2.45, 2.75) is 25.5 Å². The van der Waals surface area contributed by atoms with Gasteiger partial charge in [0.25, 0.3) is 0 Å². The normalized spacial score (nSPS) is 12.2. The van der Waals surface area contributed by atoms with Gasteiger partial charge in [-0.05, 0) is 39.0 Å². The summed E-state index contributed by atoms with van der Waals surface area (Å²) in [5.41, 5.74) is 5.48. The van der Waals surface area contributed by atoms with E-state index in [9.17, 15) is 12.8 Å². The number of ether oxygens (including phenoxy) is 1. The molecule has 1 aromatic carbocycles. The fourth-order valence-corrected chi connectivity index (χ4v) is 2.27. The standard InChI is InChI=1S/C13H19FN2O3S/c1-13(2,3)20(17,18)7-6-19-11-5-4-9(12(15)16)8-10(11)14/h4-5,8H,6-7H2,1-3H3,(H3,15,16). The number of nitrogens with two attached hydrogens (primary N) is 1. The summed E-state index contributed by atoms with van der Waals surface area (Å²) in [4.78, 5) is 0. The average Bonchev–Trinajstić information content (AvgIpc) is 2.29. The van der Waals surface area contributed by atoms with Crippen LogP contribution < -0.4 is 10.5 Å². The molecule has 0 bridgehead atoms. The predicted molar refractivity (Wildman–Crippen MR) is 76.5 cm³/mol. The first-order chi connectivity index (χ1) is 9.04. The minimum absolute atomic E-state index is 0.0564. The molecule has 3 N–H and O–H groups in total.